The number of sulfonamides is 1. The van der Waals surface area contributed by atoms with Crippen LogP contribution in [0, 0.1) is 0 Å². The van der Waals surface area contributed by atoms with Gasteiger partial charge in [0.05, 0.1) is 4.90 Å². The Balaban J connectivity index is 2.16. The van der Waals surface area contributed by atoms with Crippen molar-refractivity contribution in [1.82, 2.24) is 4.31 Å². The molecule has 0 spiro atoms. The van der Waals surface area contributed by atoms with Crippen molar-refractivity contribution < 1.29 is 8.42 Å². The van der Waals surface area contributed by atoms with E-state index in [2.05, 4.69) is 6.92 Å². The molecule has 20 heavy (non-hydrogen) atoms. The number of nitrogens with zero attached hydrogens (tertiary/aromatic N) is 1. The van der Waals surface area contributed by atoms with E-state index in [1.807, 2.05) is 19.1 Å². The second-order valence-electron chi connectivity index (χ2n) is 5.71. The number of hydrogen-bond acceptors (Lipinski definition) is 2. The summed E-state index contributed by atoms with van der Waals surface area (Å²) < 4.78 is 27.0. The predicted octanol–water partition coefficient (Wildman–Crippen LogP) is 3.59. The van der Waals surface area contributed by atoms with Crippen LogP contribution in [0.25, 0.3) is 0 Å². The molecule has 1 fully saturated rings. The molecule has 1 aliphatic heterocycles. The quantitative estimate of drug-likeness (QED) is 0.832. The van der Waals surface area contributed by atoms with E-state index in [1.165, 1.54) is 5.56 Å². The third-order valence-electron chi connectivity index (χ3n) is 4.09. The fraction of sp³-hybridized carbons (Fsp3) is 0.625. The Bertz CT molecular complexity index is 522. The summed E-state index contributed by atoms with van der Waals surface area (Å²) in [6.07, 6.45) is 6.40. The molecule has 0 saturated carbocycles. The van der Waals surface area contributed by atoms with Crippen molar-refractivity contribution in [3.63, 3.8) is 0 Å². The molecule has 1 atom stereocenters. The lowest BCUT2D eigenvalue weighted by Crippen LogP contribution is -2.41. The zero-order valence-corrected chi connectivity index (χ0v) is 13.3. The first-order valence-electron chi connectivity index (χ1n) is 7.66. The van der Waals surface area contributed by atoms with Crippen molar-refractivity contribution in [3.8, 4) is 0 Å². The topological polar surface area (TPSA) is 37.4 Å². The van der Waals surface area contributed by atoms with Gasteiger partial charge >= 0.3 is 0 Å². The second-order valence-corrected chi connectivity index (χ2v) is 7.60. The van der Waals surface area contributed by atoms with E-state index in [0.717, 1.165) is 38.5 Å². The van der Waals surface area contributed by atoms with Gasteiger partial charge in [0.1, 0.15) is 0 Å². The molecule has 0 bridgehead atoms. The maximum absolute atomic E-state index is 12.6. The fourth-order valence-corrected chi connectivity index (χ4v) is 4.47. The zero-order valence-electron chi connectivity index (χ0n) is 12.5. The van der Waals surface area contributed by atoms with Gasteiger partial charge in [0.2, 0.25) is 10.0 Å². The van der Waals surface area contributed by atoms with Crippen LogP contribution >= 0.6 is 0 Å². The summed E-state index contributed by atoms with van der Waals surface area (Å²) in [6, 6.07) is 7.56. The molecule has 1 aliphatic rings. The molecule has 112 valence electrons. The summed E-state index contributed by atoms with van der Waals surface area (Å²) in [5, 5.41) is 0. The van der Waals surface area contributed by atoms with Crippen LogP contribution in [-0.2, 0) is 16.4 Å². The molecule has 2 rings (SSSR count). The van der Waals surface area contributed by atoms with Crippen molar-refractivity contribution >= 4 is 10.0 Å². The Morgan fingerprint density at radius 2 is 1.90 bits per heavy atom. The lowest BCUT2D eigenvalue weighted by atomic mass is 10.1. The number of piperidine rings is 1. The first-order chi connectivity index (χ1) is 9.55. The second kappa shape index (κ2) is 6.72. The third-order valence-corrected chi connectivity index (χ3v) is 6.12. The standard InChI is InChI=1S/C16H25NO2S/c1-3-4-8-15-9-11-16(12-10-15)20(18,19)17-13-6-5-7-14(17)2/h9-12,14H,3-8,13H2,1-2H3/t14-/m0/s1. The maximum Gasteiger partial charge on any atom is 0.243 e. The van der Waals surface area contributed by atoms with Crippen molar-refractivity contribution in [2.24, 2.45) is 0 Å². The number of unbranched alkanes of at least 4 members (excludes halogenated alkanes) is 1. The largest absolute Gasteiger partial charge is 0.243 e. The number of aryl methyl sites for hydroxylation is 1. The van der Waals surface area contributed by atoms with Gasteiger partial charge in [0.25, 0.3) is 0 Å². The highest BCUT2D eigenvalue weighted by Crippen LogP contribution is 2.25. The molecule has 0 N–H and O–H groups in total. The van der Waals surface area contributed by atoms with E-state index in [0.29, 0.717) is 11.4 Å². The molecule has 4 heteroatoms. The summed E-state index contributed by atoms with van der Waals surface area (Å²) in [6.45, 7) is 4.82. The molecular formula is C16H25NO2S. The van der Waals surface area contributed by atoms with Crippen molar-refractivity contribution in [2.75, 3.05) is 6.54 Å². The normalized spacial score (nSPS) is 21.0. The molecular weight excluding hydrogens is 270 g/mol. The summed E-state index contributed by atoms with van der Waals surface area (Å²) in [5.74, 6) is 0. The number of benzene rings is 1. The first kappa shape index (κ1) is 15.5. The molecule has 0 radical (unpaired) electrons. The lowest BCUT2D eigenvalue weighted by Gasteiger charge is -2.32. The van der Waals surface area contributed by atoms with E-state index < -0.39 is 10.0 Å². The lowest BCUT2D eigenvalue weighted by molar-refractivity contribution is 0.268. The van der Waals surface area contributed by atoms with E-state index >= 15 is 0 Å². The first-order valence-corrected chi connectivity index (χ1v) is 9.10. The predicted molar refractivity (Wildman–Crippen MR) is 82.3 cm³/mol. The SMILES string of the molecule is CCCCc1ccc(S(=O)(=O)N2CCCC[C@@H]2C)cc1. The van der Waals surface area contributed by atoms with Crippen LogP contribution in [0.4, 0.5) is 0 Å². The maximum atomic E-state index is 12.6. The Morgan fingerprint density at radius 1 is 1.20 bits per heavy atom. The van der Waals surface area contributed by atoms with E-state index in [1.54, 1.807) is 16.4 Å². The smallest absolute Gasteiger partial charge is 0.207 e. The van der Waals surface area contributed by atoms with Gasteiger partial charge in [-0.2, -0.15) is 4.31 Å². The molecule has 1 saturated heterocycles. The van der Waals surface area contributed by atoms with Gasteiger partial charge in [-0.05, 0) is 50.3 Å². The minimum atomic E-state index is -3.32. The minimum Gasteiger partial charge on any atom is -0.207 e. The molecule has 1 heterocycles. The monoisotopic (exact) mass is 295 g/mol. The van der Waals surface area contributed by atoms with Gasteiger partial charge in [-0.1, -0.05) is 31.9 Å². The summed E-state index contributed by atoms with van der Waals surface area (Å²) in [7, 11) is -3.32. The molecule has 0 amide bonds. The van der Waals surface area contributed by atoms with Crippen LogP contribution < -0.4 is 0 Å². The Labute approximate surface area is 123 Å². The van der Waals surface area contributed by atoms with Crippen LogP contribution in [0.15, 0.2) is 29.2 Å². The minimum absolute atomic E-state index is 0.119. The van der Waals surface area contributed by atoms with E-state index in [4.69, 9.17) is 0 Å². The summed E-state index contributed by atoms with van der Waals surface area (Å²) in [4.78, 5) is 0.437. The van der Waals surface area contributed by atoms with E-state index in [9.17, 15) is 8.42 Å². The molecule has 0 aliphatic carbocycles. The van der Waals surface area contributed by atoms with Crippen LogP contribution in [0.3, 0.4) is 0 Å². The van der Waals surface area contributed by atoms with Crippen molar-refractivity contribution in [1.29, 1.82) is 0 Å². The van der Waals surface area contributed by atoms with Gasteiger partial charge in [-0.3, -0.25) is 0 Å². The van der Waals surface area contributed by atoms with Gasteiger partial charge in [0.15, 0.2) is 0 Å². The third kappa shape index (κ3) is 3.41. The van der Waals surface area contributed by atoms with Gasteiger partial charge in [-0.25, -0.2) is 8.42 Å². The molecule has 1 aromatic carbocycles. The van der Waals surface area contributed by atoms with Gasteiger partial charge in [0, 0.05) is 12.6 Å². The molecule has 0 aromatic heterocycles. The van der Waals surface area contributed by atoms with Crippen LogP contribution in [0.2, 0.25) is 0 Å². The highest BCUT2D eigenvalue weighted by molar-refractivity contribution is 7.89. The summed E-state index contributed by atoms with van der Waals surface area (Å²) >= 11 is 0. The zero-order chi connectivity index (χ0) is 14.6. The molecule has 0 unspecified atom stereocenters. The van der Waals surface area contributed by atoms with Crippen molar-refractivity contribution in [3.05, 3.63) is 29.8 Å². The molecule has 1 aromatic rings. The Hall–Kier alpha value is -0.870. The number of hydrogen-bond donors (Lipinski definition) is 0. The Kier molecular flexibility index (Phi) is 5.22. The Morgan fingerprint density at radius 3 is 2.50 bits per heavy atom. The fourth-order valence-electron chi connectivity index (χ4n) is 2.77. The highest BCUT2D eigenvalue weighted by atomic mass is 32.2. The van der Waals surface area contributed by atoms with E-state index in [-0.39, 0.29) is 6.04 Å². The average Bonchev–Trinajstić information content (AvgIpc) is 2.46. The summed E-state index contributed by atoms with van der Waals surface area (Å²) in [5.41, 5.74) is 1.22. The molecule has 3 nitrogen and oxygen atoms in total. The van der Waals surface area contributed by atoms with Gasteiger partial charge in [-0.15, -0.1) is 0 Å². The highest BCUT2D eigenvalue weighted by Gasteiger charge is 2.30. The van der Waals surface area contributed by atoms with Crippen molar-refractivity contribution in [2.45, 2.75) is 63.3 Å². The van der Waals surface area contributed by atoms with Gasteiger partial charge < -0.3 is 0 Å². The van der Waals surface area contributed by atoms with Crippen LogP contribution in [-0.4, -0.2) is 25.3 Å². The van der Waals surface area contributed by atoms with Crippen LogP contribution in [0.1, 0.15) is 51.5 Å². The average molecular weight is 295 g/mol. The van der Waals surface area contributed by atoms with Crippen LogP contribution in [0.5, 0.6) is 0 Å². The number of rotatable bonds is 5.